The average Bonchev–Trinajstić information content (AvgIpc) is 2.85. The van der Waals surface area contributed by atoms with Gasteiger partial charge < -0.3 is 5.32 Å². The zero-order chi connectivity index (χ0) is 10.3. The van der Waals surface area contributed by atoms with Crippen LogP contribution in [0.4, 0.5) is 5.13 Å². The van der Waals surface area contributed by atoms with Gasteiger partial charge in [-0.25, -0.2) is 0 Å². The molecular formula is C10H16N4S. The number of fused-ring (bicyclic) bond motifs is 1. The fourth-order valence-electron chi connectivity index (χ4n) is 2.76. The van der Waals surface area contributed by atoms with Crippen molar-refractivity contribution in [1.82, 2.24) is 15.1 Å². The van der Waals surface area contributed by atoms with Crippen molar-refractivity contribution in [2.45, 2.75) is 38.3 Å². The number of hydrogen-bond donors (Lipinski definition) is 1. The average molecular weight is 224 g/mol. The van der Waals surface area contributed by atoms with Gasteiger partial charge >= 0.3 is 0 Å². The van der Waals surface area contributed by atoms with Crippen molar-refractivity contribution in [2.24, 2.45) is 0 Å². The van der Waals surface area contributed by atoms with Crippen LogP contribution in [-0.2, 0) is 0 Å². The van der Waals surface area contributed by atoms with E-state index in [1.807, 2.05) is 6.92 Å². The van der Waals surface area contributed by atoms with Crippen LogP contribution in [0.1, 0.15) is 24.3 Å². The molecule has 0 radical (unpaired) electrons. The highest BCUT2D eigenvalue weighted by molar-refractivity contribution is 7.15. The molecule has 1 N–H and O–H groups in total. The molecule has 4 nitrogen and oxygen atoms in total. The molecule has 0 aliphatic carbocycles. The maximum absolute atomic E-state index is 4.13. The lowest BCUT2D eigenvalue weighted by molar-refractivity contribution is 0.318. The van der Waals surface area contributed by atoms with Gasteiger partial charge in [-0.15, -0.1) is 10.2 Å². The number of rotatable bonds is 2. The van der Waals surface area contributed by atoms with Crippen LogP contribution in [0.5, 0.6) is 0 Å². The molecule has 0 spiro atoms. The van der Waals surface area contributed by atoms with E-state index >= 15 is 0 Å². The minimum Gasteiger partial charge on any atom is -0.356 e. The normalized spacial score (nSPS) is 30.7. The van der Waals surface area contributed by atoms with Gasteiger partial charge in [0.05, 0.1) is 0 Å². The molecule has 3 heterocycles. The van der Waals surface area contributed by atoms with Gasteiger partial charge in [-0.3, -0.25) is 4.90 Å². The topological polar surface area (TPSA) is 41.1 Å². The minimum absolute atomic E-state index is 0.597. The van der Waals surface area contributed by atoms with Crippen LogP contribution in [0, 0.1) is 6.92 Å². The van der Waals surface area contributed by atoms with E-state index in [0.717, 1.165) is 16.2 Å². The molecule has 1 aromatic rings. The van der Waals surface area contributed by atoms with Crippen LogP contribution in [0.2, 0.25) is 0 Å². The third-order valence-corrected chi connectivity index (χ3v) is 4.21. The van der Waals surface area contributed by atoms with E-state index in [9.17, 15) is 0 Å². The number of nitrogens with zero attached hydrogens (tertiary/aromatic N) is 3. The predicted octanol–water partition coefficient (Wildman–Crippen LogP) is 1.50. The zero-order valence-electron chi connectivity index (χ0n) is 8.94. The summed E-state index contributed by atoms with van der Waals surface area (Å²) in [7, 11) is 0. The molecule has 0 aromatic carbocycles. The first-order valence-electron chi connectivity index (χ1n) is 5.63. The van der Waals surface area contributed by atoms with Gasteiger partial charge in [-0.1, -0.05) is 11.3 Å². The van der Waals surface area contributed by atoms with Gasteiger partial charge in [0.25, 0.3) is 0 Å². The Balaban J connectivity index is 1.68. The van der Waals surface area contributed by atoms with E-state index in [4.69, 9.17) is 0 Å². The van der Waals surface area contributed by atoms with Crippen molar-refractivity contribution in [3.63, 3.8) is 0 Å². The predicted molar refractivity (Wildman–Crippen MR) is 61.3 cm³/mol. The van der Waals surface area contributed by atoms with Gasteiger partial charge in [0.15, 0.2) is 0 Å². The second-order valence-corrected chi connectivity index (χ2v) is 5.59. The number of anilines is 1. The second kappa shape index (κ2) is 3.72. The lowest BCUT2D eigenvalue weighted by Crippen LogP contribution is -2.33. The van der Waals surface area contributed by atoms with Crippen LogP contribution in [0.25, 0.3) is 0 Å². The molecule has 0 saturated carbocycles. The first-order chi connectivity index (χ1) is 7.33. The standard InChI is InChI=1S/C10H16N4S/c1-7-12-13-10(15-7)11-8-4-6-14-5-2-3-9(8)14/h8-9H,2-6H2,1H3,(H,11,13). The Morgan fingerprint density at radius 3 is 3.07 bits per heavy atom. The fraction of sp³-hybridized carbons (Fsp3) is 0.800. The van der Waals surface area contributed by atoms with E-state index in [0.29, 0.717) is 6.04 Å². The number of hydrogen-bond acceptors (Lipinski definition) is 5. The third-order valence-electron chi connectivity index (χ3n) is 3.44. The van der Waals surface area contributed by atoms with Crippen molar-refractivity contribution in [2.75, 3.05) is 18.4 Å². The number of aromatic nitrogens is 2. The maximum atomic E-state index is 4.13. The Labute approximate surface area is 93.7 Å². The monoisotopic (exact) mass is 224 g/mol. The van der Waals surface area contributed by atoms with Crippen LogP contribution < -0.4 is 5.32 Å². The summed E-state index contributed by atoms with van der Waals surface area (Å²) in [5.41, 5.74) is 0. The number of nitrogens with one attached hydrogen (secondary N) is 1. The SMILES string of the molecule is Cc1nnc(NC2CCN3CCCC23)s1. The fourth-order valence-corrected chi connectivity index (χ4v) is 3.42. The molecule has 2 aliphatic heterocycles. The van der Waals surface area contributed by atoms with Crippen molar-refractivity contribution in [3.05, 3.63) is 5.01 Å². The molecule has 2 atom stereocenters. The van der Waals surface area contributed by atoms with Crippen LogP contribution in [0.3, 0.4) is 0 Å². The van der Waals surface area contributed by atoms with Gasteiger partial charge in [0.2, 0.25) is 5.13 Å². The summed E-state index contributed by atoms with van der Waals surface area (Å²) in [6, 6.07) is 1.34. The summed E-state index contributed by atoms with van der Waals surface area (Å²) >= 11 is 1.66. The molecular weight excluding hydrogens is 208 g/mol. The van der Waals surface area contributed by atoms with Gasteiger partial charge in [-0.05, 0) is 32.7 Å². The lowest BCUT2D eigenvalue weighted by atomic mass is 10.1. The van der Waals surface area contributed by atoms with E-state index in [2.05, 4.69) is 20.4 Å². The highest BCUT2D eigenvalue weighted by Crippen LogP contribution is 2.30. The first kappa shape index (κ1) is 9.54. The summed E-state index contributed by atoms with van der Waals surface area (Å²) in [6.45, 7) is 4.54. The Morgan fingerprint density at radius 1 is 1.33 bits per heavy atom. The molecule has 2 unspecified atom stereocenters. The lowest BCUT2D eigenvalue weighted by Gasteiger charge is -2.20. The second-order valence-electron chi connectivity index (χ2n) is 4.41. The van der Waals surface area contributed by atoms with E-state index in [-0.39, 0.29) is 0 Å². The van der Waals surface area contributed by atoms with Crippen molar-refractivity contribution in [3.8, 4) is 0 Å². The van der Waals surface area contributed by atoms with E-state index < -0.39 is 0 Å². The molecule has 0 amide bonds. The summed E-state index contributed by atoms with van der Waals surface area (Å²) in [5.74, 6) is 0. The highest BCUT2D eigenvalue weighted by Gasteiger charge is 2.37. The smallest absolute Gasteiger partial charge is 0.205 e. The Kier molecular flexibility index (Phi) is 2.36. The molecule has 2 aliphatic rings. The molecule has 2 saturated heterocycles. The summed E-state index contributed by atoms with van der Waals surface area (Å²) in [4.78, 5) is 2.60. The Hall–Kier alpha value is -0.680. The third kappa shape index (κ3) is 1.74. The molecule has 0 bridgehead atoms. The first-order valence-corrected chi connectivity index (χ1v) is 6.45. The minimum atomic E-state index is 0.597. The quantitative estimate of drug-likeness (QED) is 0.826. The van der Waals surface area contributed by atoms with Gasteiger partial charge in [0.1, 0.15) is 5.01 Å². The number of aryl methyl sites for hydroxylation is 1. The Bertz CT molecular complexity index is 351. The zero-order valence-corrected chi connectivity index (χ0v) is 9.76. The molecule has 3 rings (SSSR count). The molecule has 2 fully saturated rings. The molecule has 15 heavy (non-hydrogen) atoms. The summed E-state index contributed by atoms with van der Waals surface area (Å²) in [6.07, 6.45) is 3.96. The molecule has 5 heteroatoms. The summed E-state index contributed by atoms with van der Waals surface area (Å²) in [5, 5.41) is 13.7. The van der Waals surface area contributed by atoms with Crippen LogP contribution in [0.15, 0.2) is 0 Å². The van der Waals surface area contributed by atoms with Crippen LogP contribution >= 0.6 is 11.3 Å². The Morgan fingerprint density at radius 2 is 2.27 bits per heavy atom. The largest absolute Gasteiger partial charge is 0.356 e. The van der Waals surface area contributed by atoms with Crippen molar-refractivity contribution in [1.29, 1.82) is 0 Å². The van der Waals surface area contributed by atoms with E-state index in [1.165, 1.54) is 32.4 Å². The van der Waals surface area contributed by atoms with Crippen LogP contribution in [-0.4, -0.2) is 40.3 Å². The van der Waals surface area contributed by atoms with Crippen molar-refractivity contribution < 1.29 is 0 Å². The summed E-state index contributed by atoms with van der Waals surface area (Å²) < 4.78 is 0. The highest BCUT2D eigenvalue weighted by atomic mass is 32.1. The molecule has 82 valence electrons. The van der Waals surface area contributed by atoms with Crippen molar-refractivity contribution >= 4 is 16.5 Å². The van der Waals surface area contributed by atoms with E-state index in [1.54, 1.807) is 11.3 Å². The van der Waals surface area contributed by atoms with Gasteiger partial charge in [-0.2, -0.15) is 0 Å². The maximum Gasteiger partial charge on any atom is 0.205 e. The molecule has 1 aromatic heterocycles. The van der Waals surface area contributed by atoms with Gasteiger partial charge in [0, 0.05) is 18.6 Å².